The number of nitrogens with zero attached hydrogens (tertiary/aromatic N) is 2. The zero-order chi connectivity index (χ0) is 18.9. The summed E-state index contributed by atoms with van der Waals surface area (Å²) in [6.45, 7) is 0. The van der Waals surface area contributed by atoms with E-state index in [1.54, 1.807) is 0 Å². The Balaban J connectivity index is 1.70. The van der Waals surface area contributed by atoms with Crippen molar-refractivity contribution in [3.8, 4) is 5.69 Å². The fraction of sp³-hybridized carbons (Fsp3) is 0.0769. The third kappa shape index (κ3) is 1.92. The van der Waals surface area contributed by atoms with Crippen molar-refractivity contribution in [3.63, 3.8) is 0 Å². The lowest BCUT2D eigenvalue weighted by atomic mass is 10.0. The lowest BCUT2D eigenvalue weighted by molar-refractivity contribution is 0.909. The van der Waals surface area contributed by atoms with Crippen molar-refractivity contribution >= 4 is 44.1 Å². The highest BCUT2D eigenvalue weighted by Gasteiger charge is 2.29. The average molecular weight is 373 g/mol. The molecule has 3 heteroatoms. The van der Waals surface area contributed by atoms with E-state index < -0.39 is 0 Å². The monoisotopic (exact) mass is 373 g/mol. The van der Waals surface area contributed by atoms with Crippen LogP contribution in [0.3, 0.4) is 0 Å². The standard InChI is InChI=1S/C26H19N3/c1-2-8-18(9-3-1)29-23-12-6-7-17-15-16-28(25(17)23)22-14-13-21-24(26(22)29)19-10-4-5-11-20(19)27-21/h1-2,4-8,10-16,27H,3,9H2. The first-order chi connectivity index (χ1) is 14.4. The Morgan fingerprint density at radius 3 is 2.72 bits per heavy atom. The van der Waals surface area contributed by atoms with E-state index in [0.29, 0.717) is 0 Å². The molecule has 2 aromatic heterocycles. The van der Waals surface area contributed by atoms with Crippen LogP contribution in [0.25, 0.3) is 38.4 Å². The number of hydrogen-bond donors (Lipinski definition) is 1. The summed E-state index contributed by atoms with van der Waals surface area (Å²) < 4.78 is 2.36. The van der Waals surface area contributed by atoms with Crippen LogP contribution in [0, 0.1) is 0 Å². The second-order valence-corrected chi connectivity index (χ2v) is 7.89. The molecular weight excluding hydrogens is 354 g/mol. The van der Waals surface area contributed by atoms with Crippen molar-refractivity contribution in [2.45, 2.75) is 12.8 Å². The number of para-hydroxylation sites is 2. The molecule has 1 aliphatic carbocycles. The minimum Gasteiger partial charge on any atom is -0.354 e. The molecule has 5 aromatic rings. The van der Waals surface area contributed by atoms with E-state index in [-0.39, 0.29) is 0 Å². The van der Waals surface area contributed by atoms with Gasteiger partial charge in [0, 0.05) is 39.1 Å². The maximum atomic E-state index is 3.62. The zero-order valence-electron chi connectivity index (χ0n) is 15.9. The Labute approximate surface area is 168 Å². The van der Waals surface area contributed by atoms with Crippen molar-refractivity contribution in [1.29, 1.82) is 0 Å². The second-order valence-electron chi connectivity index (χ2n) is 7.89. The van der Waals surface area contributed by atoms with E-state index in [2.05, 4.69) is 99.5 Å². The third-order valence-corrected chi connectivity index (χ3v) is 6.32. The Morgan fingerprint density at radius 1 is 0.828 bits per heavy atom. The highest BCUT2D eigenvalue weighted by molar-refractivity contribution is 6.18. The summed E-state index contributed by atoms with van der Waals surface area (Å²) in [6.07, 6.45) is 11.1. The van der Waals surface area contributed by atoms with Gasteiger partial charge in [0.15, 0.2) is 0 Å². The summed E-state index contributed by atoms with van der Waals surface area (Å²) in [5, 5.41) is 3.85. The van der Waals surface area contributed by atoms with Crippen LogP contribution in [-0.2, 0) is 0 Å². The number of anilines is 2. The molecule has 3 heterocycles. The number of H-pyrrole nitrogens is 1. The van der Waals surface area contributed by atoms with Crippen molar-refractivity contribution in [1.82, 2.24) is 9.55 Å². The summed E-state index contributed by atoms with van der Waals surface area (Å²) >= 11 is 0. The van der Waals surface area contributed by atoms with E-state index in [1.165, 1.54) is 55.5 Å². The normalized spacial score (nSPS) is 15.3. The topological polar surface area (TPSA) is 24.0 Å². The van der Waals surface area contributed by atoms with Gasteiger partial charge in [-0.2, -0.15) is 0 Å². The van der Waals surface area contributed by atoms with Crippen LogP contribution in [0.2, 0.25) is 0 Å². The van der Waals surface area contributed by atoms with E-state index >= 15 is 0 Å². The van der Waals surface area contributed by atoms with Crippen LogP contribution < -0.4 is 4.90 Å². The van der Waals surface area contributed by atoms with E-state index in [0.717, 1.165) is 12.8 Å². The molecule has 138 valence electrons. The van der Waals surface area contributed by atoms with Gasteiger partial charge in [-0.3, -0.25) is 0 Å². The van der Waals surface area contributed by atoms with Crippen LogP contribution in [-0.4, -0.2) is 9.55 Å². The van der Waals surface area contributed by atoms with Crippen molar-refractivity contribution in [2.24, 2.45) is 0 Å². The van der Waals surface area contributed by atoms with Crippen molar-refractivity contribution in [3.05, 3.63) is 90.8 Å². The Morgan fingerprint density at radius 2 is 1.79 bits per heavy atom. The number of hydrogen-bond acceptors (Lipinski definition) is 1. The largest absolute Gasteiger partial charge is 0.354 e. The van der Waals surface area contributed by atoms with Gasteiger partial charge in [0.2, 0.25) is 0 Å². The number of aromatic amines is 1. The molecule has 7 rings (SSSR count). The smallest absolute Gasteiger partial charge is 0.0801 e. The lowest BCUT2D eigenvalue weighted by Crippen LogP contribution is -2.23. The maximum Gasteiger partial charge on any atom is 0.0801 e. The van der Waals surface area contributed by atoms with Crippen LogP contribution in [0.15, 0.2) is 90.8 Å². The zero-order valence-corrected chi connectivity index (χ0v) is 15.9. The maximum absolute atomic E-state index is 3.62. The molecule has 1 N–H and O–H groups in total. The number of nitrogens with one attached hydrogen (secondary N) is 1. The van der Waals surface area contributed by atoms with Crippen molar-refractivity contribution in [2.75, 3.05) is 4.90 Å². The molecule has 2 aliphatic rings. The summed E-state index contributed by atoms with van der Waals surface area (Å²) in [6, 6.07) is 22.0. The number of fused-ring (bicyclic) bond motifs is 6. The van der Waals surface area contributed by atoms with E-state index in [9.17, 15) is 0 Å². The molecule has 0 saturated heterocycles. The van der Waals surface area contributed by atoms with Gasteiger partial charge in [-0.25, -0.2) is 0 Å². The molecule has 0 radical (unpaired) electrons. The lowest BCUT2D eigenvalue weighted by Gasteiger charge is -2.35. The van der Waals surface area contributed by atoms with Gasteiger partial charge in [-0.15, -0.1) is 0 Å². The molecule has 0 spiro atoms. The summed E-state index contributed by atoms with van der Waals surface area (Å²) in [5.74, 6) is 0. The SMILES string of the molecule is C1=CCCC(N2c3c(ccc4[nH]c5ccccc5c34)-n3ccc4cccc2c43)=C1. The molecule has 3 aromatic carbocycles. The molecule has 0 amide bonds. The molecule has 0 fully saturated rings. The number of benzene rings is 3. The Kier molecular flexibility index (Phi) is 2.85. The van der Waals surface area contributed by atoms with Gasteiger partial charge in [0.1, 0.15) is 0 Å². The summed E-state index contributed by atoms with van der Waals surface area (Å²) in [4.78, 5) is 6.13. The first-order valence-corrected chi connectivity index (χ1v) is 10.2. The third-order valence-electron chi connectivity index (χ3n) is 6.32. The highest BCUT2D eigenvalue weighted by atomic mass is 15.2. The summed E-state index contributed by atoms with van der Waals surface area (Å²) in [5.41, 5.74) is 8.79. The summed E-state index contributed by atoms with van der Waals surface area (Å²) in [7, 11) is 0. The number of aromatic nitrogens is 2. The first kappa shape index (κ1) is 15.2. The molecule has 0 saturated carbocycles. The first-order valence-electron chi connectivity index (χ1n) is 10.2. The molecule has 0 unspecified atom stereocenters. The Bertz CT molecular complexity index is 1510. The molecule has 0 bridgehead atoms. The molecule has 1 aliphatic heterocycles. The molecule has 0 atom stereocenters. The van der Waals surface area contributed by atoms with Gasteiger partial charge >= 0.3 is 0 Å². The fourth-order valence-corrected chi connectivity index (χ4v) is 5.08. The van der Waals surface area contributed by atoms with Crippen LogP contribution >= 0.6 is 0 Å². The van der Waals surface area contributed by atoms with Gasteiger partial charge in [0.25, 0.3) is 0 Å². The van der Waals surface area contributed by atoms with Crippen LogP contribution in [0.1, 0.15) is 12.8 Å². The van der Waals surface area contributed by atoms with Gasteiger partial charge < -0.3 is 14.5 Å². The van der Waals surface area contributed by atoms with Crippen LogP contribution in [0.5, 0.6) is 0 Å². The molecular formula is C26H19N3. The molecule has 3 nitrogen and oxygen atoms in total. The van der Waals surface area contributed by atoms with E-state index in [4.69, 9.17) is 0 Å². The minimum atomic E-state index is 1.05. The number of allylic oxidation sites excluding steroid dienone is 4. The quantitative estimate of drug-likeness (QED) is 0.338. The highest BCUT2D eigenvalue weighted by Crippen LogP contribution is 2.50. The number of rotatable bonds is 1. The predicted molar refractivity (Wildman–Crippen MR) is 121 cm³/mol. The van der Waals surface area contributed by atoms with Crippen LogP contribution in [0.4, 0.5) is 11.4 Å². The predicted octanol–water partition coefficient (Wildman–Crippen LogP) is 6.95. The van der Waals surface area contributed by atoms with Gasteiger partial charge in [-0.1, -0.05) is 42.5 Å². The van der Waals surface area contributed by atoms with Gasteiger partial charge in [-0.05, 0) is 49.2 Å². The second kappa shape index (κ2) is 5.42. The average Bonchev–Trinajstić information content (AvgIpc) is 3.37. The van der Waals surface area contributed by atoms with Gasteiger partial charge in [0.05, 0.1) is 22.6 Å². The Hall–Kier alpha value is -3.72. The molecule has 29 heavy (non-hydrogen) atoms. The minimum absolute atomic E-state index is 1.05. The van der Waals surface area contributed by atoms with Crippen molar-refractivity contribution < 1.29 is 0 Å². The fourth-order valence-electron chi connectivity index (χ4n) is 5.08. The van der Waals surface area contributed by atoms with E-state index in [1.807, 2.05) is 0 Å².